The first-order chi connectivity index (χ1) is 13.2. The average Bonchev–Trinajstić information content (AvgIpc) is 2.59. The van der Waals surface area contributed by atoms with Gasteiger partial charge >= 0.3 is 12.0 Å². The first-order valence-corrected chi connectivity index (χ1v) is 9.19. The van der Waals surface area contributed by atoms with E-state index in [9.17, 15) is 18.4 Å². The number of aliphatic carboxylic acids is 1. The lowest BCUT2D eigenvalue weighted by Crippen LogP contribution is -2.53. The number of carbonyl (C=O) groups excluding carboxylic acids is 1. The zero-order valence-electron chi connectivity index (χ0n) is 16.3. The van der Waals surface area contributed by atoms with E-state index in [0.717, 1.165) is 6.07 Å². The largest absolute Gasteiger partial charge is 0.480 e. The van der Waals surface area contributed by atoms with Crippen molar-refractivity contribution in [2.24, 2.45) is 5.92 Å². The molecule has 1 aromatic carbocycles. The molecule has 1 aromatic rings. The normalized spacial score (nSPS) is 18.4. The topological polar surface area (TPSA) is 82.1 Å². The summed E-state index contributed by atoms with van der Waals surface area (Å²) in [5, 5.41) is 11.7. The van der Waals surface area contributed by atoms with Crippen LogP contribution >= 0.6 is 0 Å². The summed E-state index contributed by atoms with van der Waals surface area (Å²) < 4.78 is 33.0. The summed E-state index contributed by atoms with van der Waals surface area (Å²) in [6.07, 6.45) is -0.316. The van der Waals surface area contributed by atoms with Crippen molar-refractivity contribution in [1.29, 1.82) is 0 Å². The van der Waals surface area contributed by atoms with Crippen LogP contribution in [0.1, 0.15) is 25.5 Å². The Morgan fingerprint density at radius 2 is 2.11 bits per heavy atom. The van der Waals surface area contributed by atoms with Crippen LogP contribution in [0.5, 0.6) is 0 Å². The van der Waals surface area contributed by atoms with Crippen molar-refractivity contribution in [3.8, 4) is 0 Å². The maximum atomic E-state index is 14.2. The van der Waals surface area contributed by atoms with Gasteiger partial charge < -0.3 is 20.1 Å². The van der Waals surface area contributed by atoms with Gasteiger partial charge in [0.25, 0.3) is 0 Å². The fourth-order valence-corrected chi connectivity index (χ4v) is 3.24. The van der Waals surface area contributed by atoms with Gasteiger partial charge in [0.15, 0.2) is 0 Å². The molecule has 0 saturated carbocycles. The van der Waals surface area contributed by atoms with Crippen LogP contribution in [0.15, 0.2) is 18.2 Å². The second-order valence-electron chi connectivity index (χ2n) is 7.37. The molecule has 1 aliphatic rings. The molecule has 156 valence electrons. The van der Waals surface area contributed by atoms with Crippen LogP contribution in [0, 0.1) is 17.6 Å². The molecule has 0 bridgehead atoms. The molecule has 2 unspecified atom stereocenters. The first kappa shape index (κ1) is 22.0. The average molecular weight is 399 g/mol. The van der Waals surface area contributed by atoms with E-state index in [-0.39, 0.29) is 30.2 Å². The molecule has 0 aromatic heterocycles. The van der Waals surface area contributed by atoms with Crippen LogP contribution in [0.2, 0.25) is 0 Å². The second-order valence-corrected chi connectivity index (χ2v) is 7.37. The number of urea groups is 1. The molecular weight excluding hydrogens is 372 g/mol. The van der Waals surface area contributed by atoms with Gasteiger partial charge in [-0.15, -0.1) is 0 Å². The van der Waals surface area contributed by atoms with Crippen LogP contribution in [-0.4, -0.2) is 72.8 Å². The van der Waals surface area contributed by atoms with Crippen molar-refractivity contribution < 1.29 is 28.2 Å². The molecule has 9 heteroatoms. The Bertz CT molecular complexity index is 702. The van der Waals surface area contributed by atoms with Crippen molar-refractivity contribution >= 4 is 12.0 Å². The third-order valence-electron chi connectivity index (χ3n) is 4.59. The highest BCUT2D eigenvalue weighted by molar-refractivity contribution is 5.75. The van der Waals surface area contributed by atoms with Crippen molar-refractivity contribution in [1.82, 2.24) is 15.1 Å². The molecule has 2 amide bonds. The zero-order chi connectivity index (χ0) is 20.8. The van der Waals surface area contributed by atoms with Crippen molar-refractivity contribution in [2.75, 3.05) is 39.8 Å². The molecule has 2 N–H and O–H groups in total. The molecule has 0 aliphatic carbocycles. The van der Waals surface area contributed by atoms with Gasteiger partial charge in [0.2, 0.25) is 0 Å². The highest BCUT2D eigenvalue weighted by Crippen LogP contribution is 2.25. The minimum absolute atomic E-state index is 0.109. The summed E-state index contributed by atoms with van der Waals surface area (Å²) in [7, 11) is 1.67. The number of nitrogens with zero attached hydrogens (tertiary/aromatic N) is 2. The van der Waals surface area contributed by atoms with Gasteiger partial charge in [-0.2, -0.15) is 0 Å². The second kappa shape index (κ2) is 9.79. The molecular formula is C19H27F2N3O4. The summed E-state index contributed by atoms with van der Waals surface area (Å²) in [5.74, 6) is -2.41. The number of morpholine rings is 1. The molecule has 7 nitrogen and oxygen atoms in total. The van der Waals surface area contributed by atoms with Crippen LogP contribution in [0.3, 0.4) is 0 Å². The standard InChI is InChI=1S/C19H27F2N3O4/c1-12(2)18(15-5-4-13(20)8-16(15)21)22-19(27)24-6-7-28-14(10-24)9-23(3)11-17(25)26/h4-5,8,12,14,18H,6-7,9-11H2,1-3H3,(H,22,27)(H,25,26). The Morgan fingerprint density at radius 1 is 1.39 bits per heavy atom. The lowest BCUT2D eigenvalue weighted by Gasteiger charge is -2.36. The zero-order valence-corrected chi connectivity index (χ0v) is 16.3. The van der Waals surface area contributed by atoms with E-state index in [2.05, 4.69) is 5.32 Å². The summed E-state index contributed by atoms with van der Waals surface area (Å²) in [4.78, 5) is 26.7. The lowest BCUT2D eigenvalue weighted by molar-refractivity contribution is -0.138. The van der Waals surface area contributed by atoms with E-state index in [0.29, 0.717) is 26.2 Å². The van der Waals surface area contributed by atoms with Crippen LogP contribution in [0.4, 0.5) is 13.6 Å². The number of benzene rings is 1. The number of ether oxygens (including phenoxy) is 1. The predicted octanol–water partition coefficient (Wildman–Crippen LogP) is 2.09. The number of likely N-dealkylation sites (N-methyl/N-ethyl adjacent to an activating group) is 1. The van der Waals surface area contributed by atoms with Gasteiger partial charge in [0.1, 0.15) is 11.6 Å². The smallest absolute Gasteiger partial charge is 0.318 e. The van der Waals surface area contributed by atoms with Gasteiger partial charge in [0.05, 0.1) is 25.3 Å². The van der Waals surface area contributed by atoms with E-state index >= 15 is 0 Å². The predicted molar refractivity (Wildman–Crippen MR) is 98.9 cm³/mol. The Kier molecular flexibility index (Phi) is 7.70. The number of carboxylic acid groups (broad SMARTS) is 1. The Hall–Kier alpha value is -2.26. The molecule has 0 radical (unpaired) electrons. The molecule has 1 aliphatic heterocycles. The van der Waals surface area contributed by atoms with Crippen molar-refractivity contribution in [2.45, 2.75) is 26.0 Å². The monoisotopic (exact) mass is 399 g/mol. The molecule has 1 heterocycles. The molecule has 0 spiro atoms. The van der Waals surface area contributed by atoms with Gasteiger partial charge in [-0.25, -0.2) is 13.6 Å². The van der Waals surface area contributed by atoms with Crippen LogP contribution in [0.25, 0.3) is 0 Å². The lowest BCUT2D eigenvalue weighted by atomic mass is 9.95. The number of halogens is 2. The summed E-state index contributed by atoms with van der Waals surface area (Å²) >= 11 is 0. The molecule has 28 heavy (non-hydrogen) atoms. The van der Waals surface area contributed by atoms with Gasteiger partial charge in [-0.05, 0) is 19.0 Å². The Morgan fingerprint density at radius 3 is 2.71 bits per heavy atom. The maximum absolute atomic E-state index is 14.2. The third kappa shape index (κ3) is 6.13. The van der Waals surface area contributed by atoms with E-state index in [1.54, 1.807) is 16.8 Å². The van der Waals surface area contributed by atoms with Crippen LogP contribution in [-0.2, 0) is 9.53 Å². The number of hydrogen-bond acceptors (Lipinski definition) is 4. The van der Waals surface area contributed by atoms with E-state index in [4.69, 9.17) is 9.84 Å². The molecule has 2 atom stereocenters. The summed E-state index contributed by atoms with van der Waals surface area (Å²) in [5.41, 5.74) is 0.232. The van der Waals surface area contributed by atoms with Crippen molar-refractivity contribution in [3.05, 3.63) is 35.4 Å². The van der Waals surface area contributed by atoms with Crippen LogP contribution < -0.4 is 5.32 Å². The van der Waals surface area contributed by atoms with E-state index < -0.39 is 23.6 Å². The van der Waals surface area contributed by atoms with Gasteiger partial charge in [-0.1, -0.05) is 19.9 Å². The Labute approximate surface area is 163 Å². The van der Waals surface area contributed by atoms with E-state index in [1.807, 2.05) is 13.8 Å². The van der Waals surface area contributed by atoms with Gasteiger partial charge in [0, 0.05) is 31.3 Å². The molecule has 1 fully saturated rings. The number of nitrogens with one attached hydrogen (secondary N) is 1. The SMILES string of the molecule is CC(C)C(NC(=O)N1CCOC(CN(C)CC(=O)O)C1)c1ccc(F)cc1F. The summed E-state index contributed by atoms with van der Waals surface area (Å²) in [6, 6.07) is 2.35. The quantitative estimate of drug-likeness (QED) is 0.734. The number of hydrogen-bond donors (Lipinski definition) is 2. The first-order valence-electron chi connectivity index (χ1n) is 9.19. The van der Waals surface area contributed by atoms with Gasteiger partial charge in [-0.3, -0.25) is 9.69 Å². The van der Waals surface area contributed by atoms with Crippen molar-refractivity contribution in [3.63, 3.8) is 0 Å². The number of carbonyl (C=O) groups is 2. The molecule has 1 saturated heterocycles. The number of carboxylic acids is 1. The highest BCUT2D eigenvalue weighted by atomic mass is 19.1. The Balaban J connectivity index is 2.01. The number of amides is 2. The number of rotatable bonds is 7. The fraction of sp³-hybridized carbons (Fsp3) is 0.579. The van der Waals surface area contributed by atoms with E-state index in [1.165, 1.54) is 12.1 Å². The maximum Gasteiger partial charge on any atom is 0.318 e. The third-order valence-corrected chi connectivity index (χ3v) is 4.59. The minimum Gasteiger partial charge on any atom is -0.480 e. The summed E-state index contributed by atoms with van der Waals surface area (Å²) in [6.45, 7) is 4.94. The molecule has 2 rings (SSSR count). The fourth-order valence-electron chi connectivity index (χ4n) is 3.24. The minimum atomic E-state index is -0.936. The highest BCUT2D eigenvalue weighted by Gasteiger charge is 2.29.